The van der Waals surface area contributed by atoms with Crippen LogP contribution in [0.2, 0.25) is 0 Å². The number of fused-ring (bicyclic) bond motifs is 2. The van der Waals surface area contributed by atoms with Crippen molar-refractivity contribution < 1.29 is 8.94 Å². The van der Waals surface area contributed by atoms with Crippen LogP contribution in [-0.2, 0) is 19.5 Å². The second-order valence-corrected chi connectivity index (χ2v) is 7.25. The number of H-pyrrole nitrogens is 1. The number of hydrogen-bond acceptors (Lipinski definition) is 8. The summed E-state index contributed by atoms with van der Waals surface area (Å²) in [6.07, 6.45) is 7.23. The topological polar surface area (TPSA) is 110 Å². The summed E-state index contributed by atoms with van der Waals surface area (Å²) in [6.45, 7) is 1.29. The molecular formula is C21H17N7O2. The van der Waals surface area contributed by atoms with Gasteiger partial charge >= 0.3 is 0 Å². The lowest BCUT2D eigenvalue weighted by Crippen LogP contribution is -2.34. The number of furan rings is 1. The molecule has 0 saturated carbocycles. The Kier molecular flexibility index (Phi) is 3.91. The summed E-state index contributed by atoms with van der Waals surface area (Å²) in [7, 11) is 0. The van der Waals surface area contributed by atoms with Crippen LogP contribution < -0.4 is 0 Å². The molecule has 5 heterocycles. The third-order valence-corrected chi connectivity index (χ3v) is 5.35. The largest absolute Gasteiger partial charge is 0.460 e. The van der Waals surface area contributed by atoms with Crippen molar-refractivity contribution in [2.24, 2.45) is 0 Å². The number of nitrogens with zero attached hydrogens (tertiary/aromatic N) is 6. The first-order valence-electron chi connectivity index (χ1n) is 9.66. The van der Waals surface area contributed by atoms with Gasteiger partial charge in [0.05, 0.1) is 36.5 Å². The first-order chi connectivity index (χ1) is 14.8. The van der Waals surface area contributed by atoms with E-state index >= 15 is 0 Å². The Morgan fingerprint density at radius 1 is 1.17 bits per heavy atom. The number of para-hydroxylation sites is 1. The van der Waals surface area contributed by atoms with Crippen molar-refractivity contribution in [2.45, 2.75) is 25.6 Å². The highest BCUT2D eigenvalue weighted by atomic mass is 16.5. The van der Waals surface area contributed by atoms with Crippen molar-refractivity contribution in [3.8, 4) is 11.5 Å². The Hall–Kier alpha value is -3.85. The fourth-order valence-corrected chi connectivity index (χ4v) is 3.90. The van der Waals surface area contributed by atoms with Gasteiger partial charge in [0.15, 0.2) is 0 Å². The smallest absolute Gasteiger partial charge is 0.244 e. The molecule has 4 aromatic heterocycles. The number of rotatable bonds is 4. The van der Waals surface area contributed by atoms with Gasteiger partial charge in [0.2, 0.25) is 11.7 Å². The van der Waals surface area contributed by atoms with E-state index in [2.05, 4.69) is 41.0 Å². The van der Waals surface area contributed by atoms with Crippen LogP contribution in [0.25, 0.3) is 22.5 Å². The van der Waals surface area contributed by atoms with Crippen molar-refractivity contribution in [1.29, 1.82) is 0 Å². The van der Waals surface area contributed by atoms with Crippen LogP contribution in [0.5, 0.6) is 0 Å². The van der Waals surface area contributed by atoms with E-state index in [0.717, 1.165) is 28.1 Å². The summed E-state index contributed by atoms with van der Waals surface area (Å²) in [5.74, 6) is 1.84. The van der Waals surface area contributed by atoms with E-state index in [1.165, 1.54) is 0 Å². The quantitative estimate of drug-likeness (QED) is 0.490. The molecule has 30 heavy (non-hydrogen) atoms. The molecule has 0 fully saturated rings. The molecule has 0 spiro atoms. The minimum atomic E-state index is -0.119. The third kappa shape index (κ3) is 2.96. The number of hydrogen-bond donors (Lipinski definition) is 1. The van der Waals surface area contributed by atoms with Crippen LogP contribution in [0.15, 0.2) is 64.2 Å². The van der Waals surface area contributed by atoms with Gasteiger partial charge in [-0.3, -0.25) is 9.88 Å². The molecule has 148 valence electrons. The van der Waals surface area contributed by atoms with E-state index in [1.807, 2.05) is 24.3 Å². The van der Waals surface area contributed by atoms with Gasteiger partial charge in [0, 0.05) is 30.7 Å². The van der Waals surface area contributed by atoms with Gasteiger partial charge in [-0.15, -0.1) is 0 Å². The van der Waals surface area contributed by atoms with E-state index in [-0.39, 0.29) is 6.04 Å². The van der Waals surface area contributed by atoms with Crippen molar-refractivity contribution in [1.82, 2.24) is 35.0 Å². The maximum Gasteiger partial charge on any atom is 0.244 e. The number of imidazole rings is 1. The van der Waals surface area contributed by atoms with Gasteiger partial charge in [0.25, 0.3) is 0 Å². The molecule has 0 bridgehead atoms. The third-order valence-electron chi connectivity index (χ3n) is 5.35. The van der Waals surface area contributed by atoms with E-state index in [9.17, 15) is 0 Å². The predicted molar refractivity (Wildman–Crippen MR) is 106 cm³/mol. The molecule has 1 aliphatic heterocycles. The van der Waals surface area contributed by atoms with Gasteiger partial charge < -0.3 is 13.9 Å². The molecule has 9 nitrogen and oxygen atoms in total. The Bertz CT molecular complexity index is 1270. The fourth-order valence-electron chi connectivity index (χ4n) is 3.90. The first-order valence-corrected chi connectivity index (χ1v) is 9.66. The van der Waals surface area contributed by atoms with Gasteiger partial charge in [-0.05, 0) is 12.1 Å². The van der Waals surface area contributed by atoms with Crippen molar-refractivity contribution in [3.05, 3.63) is 78.3 Å². The molecular weight excluding hydrogens is 382 g/mol. The standard InChI is InChI=1S/C21H17N7O2/c1-2-4-19-13(3-1)7-14(29-19)10-28-11-17-15(24-12-25-17)8-18(28)21-26-20(27-30-21)16-9-22-5-6-23-16/h1-7,9,12,18H,8,10-11H2,(H,24,25)/t18-/m0/s1. The van der Waals surface area contributed by atoms with Crippen LogP contribution in [0.3, 0.4) is 0 Å². The normalized spacial score (nSPS) is 16.7. The van der Waals surface area contributed by atoms with Crippen LogP contribution in [-0.4, -0.2) is 35.0 Å². The lowest BCUT2D eigenvalue weighted by molar-refractivity contribution is 0.120. The number of aromatic amines is 1. The Morgan fingerprint density at radius 3 is 3.03 bits per heavy atom. The second-order valence-electron chi connectivity index (χ2n) is 7.25. The van der Waals surface area contributed by atoms with Gasteiger partial charge in [-0.25, -0.2) is 9.97 Å². The average molecular weight is 399 g/mol. The molecule has 1 aliphatic rings. The molecule has 0 amide bonds. The second kappa shape index (κ2) is 6.89. The van der Waals surface area contributed by atoms with E-state index in [0.29, 0.717) is 36.9 Å². The Balaban J connectivity index is 1.34. The van der Waals surface area contributed by atoms with Crippen molar-refractivity contribution >= 4 is 11.0 Å². The molecule has 5 aromatic rings. The van der Waals surface area contributed by atoms with Gasteiger partial charge in [0.1, 0.15) is 17.0 Å². The lowest BCUT2D eigenvalue weighted by Gasteiger charge is -2.31. The SMILES string of the molecule is c1ccc2oc(CN3Cc4[nH]cnc4C[C@H]3c3nc(-c4cnccn4)no3)cc2c1. The molecule has 9 heteroatoms. The first kappa shape index (κ1) is 17.0. The molecule has 0 aliphatic carbocycles. The van der Waals surface area contributed by atoms with Gasteiger partial charge in [-0.2, -0.15) is 4.98 Å². The zero-order chi connectivity index (χ0) is 19.9. The number of benzene rings is 1. The summed E-state index contributed by atoms with van der Waals surface area (Å²) in [4.78, 5) is 22.9. The minimum Gasteiger partial charge on any atom is -0.460 e. The Labute approximate surface area is 170 Å². The van der Waals surface area contributed by atoms with Crippen LogP contribution in [0.1, 0.15) is 29.1 Å². The van der Waals surface area contributed by atoms with Gasteiger partial charge in [-0.1, -0.05) is 23.4 Å². The molecule has 0 unspecified atom stereocenters. The Morgan fingerprint density at radius 2 is 2.13 bits per heavy atom. The van der Waals surface area contributed by atoms with Crippen LogP contribution in [0.4, 0.5) is 0 Å². The fraction of sp³-hybridized carbons (Fsp3) is 0.190. The zero-order valence-corrected chi connectivity index (χ0v) is 15.9. The molecule has 1 aromatic carbocycles. The van der Waals surface area contributed by atoms with Crippen LogP contribution >= 0.6 is 0 Å². The van der Waals surface area contributed by atoms with Crippen molar-refractivity contribution in [2.75, 3.05) is 0 Å². The highest BCUT2D eigenvalue weighted by Crippen LogP contribution is 2.33. The number of aromatic nitrogens is 6. The summed E-state index contributed by atoms with van der Waals surface area (Å²) in [5.41, 5.74) is 3.56. The van der Waals surface area contributed by atoms with E-state index in [4.69, 9.17) is 8.94 Å². The maximum atomic E-state index is 6.05. The summed E-state index contributed by atoms with van der Waals surface area (Å²) in [5, 5.41) is 5.20. The average Bonchev–Trinajstić information content (AvgIpc) is 3.52. The van der Waals surface area contributed by atoms with Crippen molar-refractivity contribution in [3.63, 3.8) is 0 Å². The molecule has 6 rings (SSSR count). The lowest BCUT2D eigenvalue weighted by atomic mass is 10.0. The van der Waals surface area contributed by atoms with E-state index in [1.54, 1.807) is 24.9 Å². The monoisotopic (exact) mass is 399 g/mol. The zero-order valence-electron chi connectivity index (χ0n) is 15.9. The summed E-state index contributed by atoms with van der Waals surface area (Å²) >= 11 is 0. The maximum absolute atomic E-state index is 6.05. The molecule has 1 atom stereocenters. The molecule has 0 saturated heterocycles. The van der Waals surface area contributed by atoms with Crippen LogP contribution in [0, 0.1) is 0 Å². The predicted octanol–water partition coefficient (Wildman–Crippen LogP) is 3.30. The highest BCUT2D eigenvalue weighted by molar-refractivity contribution is 5.77. The van der Waals surface area contributed by atoms with E-state index < -0.39 is 0 Å². The number of nitrogens with one attached hydrogen (secondary N) is 1. The molecule has 1 N–H and O–H groups in total. The minimum absolute atomic E-state index is 0.119. The summed E-state index contributed by atoms with van der Waals surface area (Å²) < 4.78 is 11.7. The summed E-state index contributed by atoms with van der Waals surface area (Å²) in [6, 6.07) is 9.97. The highest BCUT2D eigenvalue weighted by Gasteiger charge is 2.34. The molecule has 0 radical (unpaired) electrons.